The Morgan fingerprint density at radius 3 is 2.72 bits per heavy atom. The number of likely N-dealkylation sites (tertiary alicyclic amines) is 1. The van der Waals surface area contributed by atoms with Crippen molar-refractivity contribution in [3.63, 3.8) is 0 Å². The number of rotatable bonds is 5. The molecule has 3 rings (SSSR count). The van der Waals surface area contributed by atoms with E-state index in [0.717, 1.165) is 42.9 Å². The molecular formula is C17H22ClN3O3S. The van der Waals surface area contributed by atoms with Crippen LogP contribution in [0.4, 0.5) is 0 Å². The smallest absolute Gasteiger partial charge is 0.226 e. The Hall–Kier alpha value is -1.41. The molecule has 0 atom stereocenters. The molecular weight excluding hydrogens is 362 g/mol. The number of nitrogens with one attached hydrogen (secondary N) is 1. The van der Waals surface area contributed by atoms with Gasteiger partial charge in [0.2, 0.25) is 15.9 Å². The molecule has 0 saturated carbocycles. The maximum Gasteiger partial charge on any atom is 0.226 e. The highest BCUT2D eigenvalue weighted by Gasteiger charge is 2.23. The van der Waals surface area contributed by atoms with Gasteiger partial charge in [-0.3, -0.25) is 4.90 Å². The van der Waals surface area contributed by atoms with Gasteiger partial charge in [0, 0.05) is 36.3 Å². The van der Waals surface area contributed by atoms with Crippen molar-refractivity contribution in [3.8, 4) is 11.5 Å². The molecule has 0 bridgehead atoms. The van der Waals surface area contributed by atoms with E-state index in [-0.39, 0.29) is 6.04 Å². The summed E-state index contributed by atoms with van der Waals surface area (Å²) in [4.78, 5) is 6.89. The molecule has 2 heterocycles. The molecule has 6 nitrogen and oxygen atoms in total. The van der Waals surface area contributed by atoms with E-state index in [1.54, 1.807) is 0 Å². The summed E-state index contributed by atoms with van der Waals surface area (Å²) in [5, 5.41) is 0.648. The van der Waals surface area contributed by atoms with Gasteiger partial charge in [-0.05, 0) is 38.0 Å². The van der Waals surface area contributed by atoms with E-state index >= 15 is 0 Å². The zero-order valence-electron chi connectivity index (χ0n) is 14.3. The highest BCUT2D eigenvalue weighted by Crippen LogP contribution is 2.25. The zero-order valence-corrected chi connectivity index (χ0v) is 15.9. The quantitative estimate of drug-likeness (QED) is 0.859. The molecule has 2 aromatic rings. The lowest BCUT2D eigenvalue weighted by Gasteiger charge is -2.31. The normalized spacial score (nSPS) is 17.1. The molecule has 25 heavy (non-hydrogen) atoms. The topological polar surface area (TPSA) is 75.4 Å². The van der Waals surface area contributed by atoms with Crippen LogP contribution >= 0.6 is 11.6 Å². The number of piperidine rings is 1. The van der Waals surface area contributed by atoms with E-state index in [2.05, 4.69) is 14.6 Å². The van der Waals surface area contributed by atoms with Gasteiger partial charge in [-0.2, -0.15) is 0 Å². The number of sulfonamides is 1. The Balaban J connectivity index is 1.63. The molecule has 0 unspecified atom stereocenters. The molecule has 0 aliphatic carbocycles. The number of hydrogen-bond donors (Lipinski definition) is 1. The van der Waals surface area contributed by atoms with Crippen LogP contribution in [-0.2, 0) is 16.6 Å². The van der Waals surface area contributed by atoms with Gasteiger partial charge in [-0.15, -0.1) is 0 Å². The summed E-state index contributed by atoms with van der Waals surface area (Å²) in [5.74, 6) is 1.37. The highest BCUT2D eigenvalue weighted by molar-refractivity contribution is 7.88. The predicted molar refractivity (Wildman–Crippen MR) is 98.0 cm³/mol. The second-order valence-corrected chi connectivity index (χ2v) is 8.69. The fourth-order valence-electron chi connectivity index (χ4n) is 3.04. The first kappa shape index (κ1) is 18.4. The van der Waals surface area contributed by atoms with Crippen LogP contribution in [0.1, 0.15) is 24.3 Å². The third kappa shape index (κ3) is 5.04. The second kappa shape index (κ2) is 7.45. The SMILES string of the molecule is Cc1oc(-c2cccc(Cl)c2)nc1CN1CCC(NS(C)(=O)=O)CC1. The lowest BCUT2D eigenvalue weighted by molar-refractivity contribution is 0.197. The summed E-state index contributed by atoms with van der Waals surface area (Å²) in [6.07, 6.45) is 2.80. The number of aromatic nitrogens is 1. The minimum absolute atomic E-state index is 0.0201. The van der Waals surface area contributed by atoms with Crippen LogP contribution in [0, 0.1) is 6.92 Å². The van der Waals surface area contributed by atoms with Crippen LogP contribution in [0.25, 0.3) is 11.5 Å². The molecule has 1 N–H and O–H groups in total. The van der Waals surface area contributed by atoms with Gasteiger partial charge in [0.05, 0.1) is 11.9 Å². The Bertz CT molecular complexity index is 843. The first-order valence-corrected chi connectivity index (χ1v) is 10.5. The van der Waals surface area contributed by atoms with Crippen molar-refractivity contribution in [2.24, 2.45) is 0 Å². The molecule has 1 saturated heterocycles. The monoisotopic (exact) mass is 383 g/mol. The number of nitrogens with zero attached hydrogens (tertiary/aromatic N) is 2. The summed E-state index contributed by atoms with van der Waals surface area (Å²) in [5.41, 5.74) is 1.77. The summed E-state index contributed by atoms with van der Waals surface area (Å²) in [6, 6.07) is 7.46. The maximum atomic E-state index is 11.3. The van der Waals surface area contributed by atoms with Crippen molar-refractivity contribution in [2.75, 3.05) is 19.3 Å². The first-order valence-electron chi connectivity index (χ1n) is 8.22. The minimum atomic E-state index is -3.14. The molecule has 0 amide bonds. The number of benzene rings is 1. The molecule has 1 aromatic heterocycles. The fourth-order valence-corrected chi connectivity index (χ4v) is 4.07. The van der Waals surface area contributed by atoms with Crippen LogP contribution in [0.3, 0.4) is 0 Å². The third-order valence-electron chi connectivity index (χ3n) is 4.31. The summed E-state index contributed by atoms with van der Waals surface area (Å²) in [6.45, 7) is 4.26. The van der Waals surface area contributed by atoms with Gasteiger partial charge < -0.3 is 4.42 Å². The van der Waals surface area contributed by atoms with Crippen LogP contribution in [0.2, 0.25) is 5.02 Å². The molecule has 1 aromatic carbocycles. The van der Waals surface area contributed by atoms with Gasteiger partial charge in [-0.25, -0.2) is 18.1 Å². The standard InChI is InChI=1S/C17H22ClN3O3S/c1-12-16(19-17(24-12)13-4-3-5-14(18)10-13)11-21-8-6-15(7-9-21)20-25(2,22)23/h3-5,10,15,20H,6-9,11H2,1-2H3. The Labute approximate surface area is 153 Å². The first-order chi connectivity index (χ1) is 11.8. The highest BCUT2D eigenvalue weighted by atomic mass is 35.5. The van der Waals surface area contributed by atoms with Crippen LogP contribution in [-0.4, -0.2) is 43.7 Å². The largest absolute Gasteiger partial charge is 0.441 e. The van der Waals surface area contributed by atoms with Crippen LogP contribution < -0.4 is 4.72 Å². The molecule has 1 aliphatic heterocycles. The average Bonchev–Trinajstić information content (AvgIpc) is 2.89. The minimum Gasteiger partial charge on any atom is -0.441 e. The van der Waals surface area contributed by atoms with Gasteiger partial charge in [0.1, 0.15) is 5.76 Å². The third-order valence-corrected chi connectivity index (χ3v) is 5.30. The van der Waals surface area contributed by atoms with Gasteiger partial charge in [0.15, 0.2) is 0 Å². The van der Waals surface area contributed by atoms with Gasteiger partial charge >= 0.3 is 0 Å². The molecule has 0 radical (unpaired) electrons. The predicted octanol–water partition coefficient (Wildman–Crippen LogP) is 2.82. The van der Waals surface area contributed by atoms with Crippen molar-refractivity contribution in [3.05, 3.63) is 40.7 Å². The Morgan fingerprint density at radius 2 is 2.08 bits per heavy atom. The average molecular weight is 384 g/mol. The molecule has 1 fully saturated rings. The summed E-state index contributed by atoms with van der Waals surface area (Å²) in [7, 11) is -3.14. The van der Waals surface area contributed by atoms with E-state index in [0.29, 0.717) is 17.5 Å². The van der Waals surface area contributed by atoms with Gasteiger partial charge in [0.25, 0.3) is 0 Å². The summed E-state index contributed by atoms with van der Waals surface area (Å²) >= 11 is 6.03. The molecule has 0 spiro atoms. The van der Waals surface area contributed by atoms with Crippen molar-refractivity contribution < 1.29 is 12.8 Å². The number of aryl methyl sites for hydroxylation is 1. The molecule has 136 valence electrons. The zero-order chi connectivity index (χ0) is 18.0. The van der Waals surface area contributed by atoms with Crippen molar-refractivity contribution in [1.82, 2.24) is 14.6 Å². The van der Waals surface area contributed by atoms with Crippen molar-refractivity contribution in [1.29, 1.82) is 0 Å². The number of hydrogen-bond acceptors (Lipinski definition) is 5. The molecule has 8 heteroatoms. The Kier molecular flexibility index (Phi) is 5.48. The van der Waals surface area contributed by atoms with Gasteiger partial charge in [-0.1, -0.05) is 17.7 Å². The van der Waals surface area contributed by atoms with Crippen molar-refractivity contribution in [2.45, 2.75) is 32.4 Å². The summed E-state index contributed by atoms with van der Waals surface area (Å²) < 4.78 is 31.1. The Morgan fingerprint density at radius 1 is 1.36 bits per heavy atom. The number of oxazole rings is 1. The van der Waals surface area contributed by atoms with E-state index in [1.165, 1.54) is 6.26 Å². The van der Waals surface area contributed by atoms with Crippen LogP contribution in [0.15, 0.2) is 28.7 Å². The van der Waals surface area contributed by atoms with E-state index in [4.69, 9.17) is 16.0 Å². The van der Waals surface area contributed by atoms with Crippen molar-refractivity contribution >= 4 is 21.6 Å². The van der Waals surface area contributed by atoms with Crippen LogP contribution in [0.5, 0.6) is 0 Å². The second-order valence-electron chi connectivity index (χ2n) is 6.47. The fraction of sp³-hybridized carbons (Fsp3) is 0.471. The van der Waals surface area contributed by atoms with E-state index < -0.39 is 10.0 Å². The number of halogens is 1. The maximum absolute atomic E-state index is 11.3. The lowest BCUT2D eigenvalue weighted by atomic mass is 10.1. The lowest BCUT2D eigenvalue weighted by Crippen LogP contribution is -2.44. The van der Waals surface area contributed by atoms with E-state index in [1.807, 2.05) is 31.2 Å². The molecule has 1 aliphatic rings. The van der Waals surface area contributed by atoms with E-state index in [9.17, 15) is 8.42 Å².